The number of hydrogen-bond donors (Lipinski definition) is 3. The van der Waals surface area contributed by atoms with E-state index in [0.29, 0.717) is 25.7 Å². The van der Waals surface area contributed by atoms with Gasteiger partial charge in [0.05, 0.1) is 18.6 Å². The molecule has 0 spiro atoms. The van der Waals surface area contributed by atoms with Crippen LogP contribution in [0, 0.1) is 15.5 Å². The lowest BCUT2D eigenvalue weighted by Crippen LogP contribution is -2.49. The summed E-state index contributed by atoms with van der Waals surface area (Å²) in [5.74, 6) is -0.406. The summed E-state index contributed by atoms with van der Waals surface area (Å²) < 4.78 is 0. The Morgan fingerprint density at radius 2 is 1.89 bits per heavy atom. The van der Waals surface area contributed by atoms with E-state index in [1.807, 2.05) is 0 Å². The van der Waals surface area contributed by atoms with Crippen LogP contribution in [0.25, 0.3) is 0 Å². The van der Waals surface area contributed by atoms with Crippen molar-refractivity contribution < 1.29 is 24.9 Å². The molecule has 0 aromatic heterocycles. The maximum Gasteiger partial charge on any atom is 0.294 e. The number of aliphatic hydroxyl groups excluding tert-OH is 2. The lowest BCUT2D eigenvalue weighted by Gasteiger charge is -2.31. The summed E-state index contributed by atoms with van der Waals surface area (Å²) in [4.78, 5) is 26.6. The van der Waals surface area contributed by atoms with E-state index in [4.69, 9.17) is 10.2 Å². The van der Waals surface area contributed by atoms with E-state index in [0.717, 1.165) is 0 Å². The lowest BCUT2D eigenvalue weighted by molar-refractivity contribution is -0.769. The molecule has 1 aliphatic carbocycles. The Morgan fingerprint density at radius 3 is 2.32 bits per heavy atom. The molecule has 1 fully saturated rings. The largest absolute Gasteiger partial charge is 0.395 e. The highest BCUT2D eigenvalue weighted by molar-refractivity contribution is 5.82. The smallest absolute Gasteiger partial charge is 0.294 e. The maximum atomic E-state index is 11.9. The molecule has 3 N–H and O–H groups in total. The Labute approximate surface area is 110 Å². The van der Waals surface area contributed by atoms with Gasteiger partial charge in [-0.3, -0.25) is 4.79 Å². The summed E-state index contributed by atoms with van der Waals surface area (Å²) in [7, 11) is 0. The molecule has 1 aliphatic rings. The first-order chi connectivity index (χ1) is 8.91. The van der Waals surface area contributed by atoms with Crippen LogP contribution in [0.4, 0.5) is 0 Å². The molecule has 1 saturated carbocycles. The molecule has 0 unspecified atom stereocenters. The molecule has 0 saturated heterocycles. The molecular weight excluding hydrogens is 256 g/mol. The van der Waals surface area contributed by atoms with Crippen molar-refractivity contribution in [3.8, 4) is 0 Å². The molecule has 8 heteroatoms. The van der Waals surface area contributed by atoms with Gasteiger partial charge in [-0.2, -0.15) is 0 Å². The summed E-state index contributed by atoms with van der Waals surface area (Å²) >= 11 is 0. The molecule has 0 aliphatic heterocycles. The van der Waals surface area contributed by atoms with Crippen LogP contribution in [0.5, 0.6) is 0 Å². The standard InChI is InChI=1S/C11H20N2O6/c1-11(6-14,7-15)10(16)12-8-2-4-9(5-3-8)19-13(17)18/h8-9,14-15H,2-7H2,1H3,(H,12,16). The molecule has 0 heterocycles. The van der Waals surface area contributed by atoms with Gasteiger partial charge in [0.1, 0.15) is 6.10 Å². The molecule has 0 aromatic rings. The Morgan fingerprint density at radius 1 is 1.37 bits per heavy atom. The first kappa shape index (κ1) is 15.6. The SMILES string of the molecule is CC(CO)(CO)C(=O)NC1CCC(O[N+](=O)[O-])CC1. The van der Waals surface area contributed by atoms with Crippen molar-refractivity contribution in [2.24, 2.45) is 5.41 Å². The average molecular weight is 276 g/mol. The molecule has 0 aromatic carbocycles. The van der Waals surface area contributed by atoms with Crippen LogP contribution in [0.2, 0.25) is 0 Å². The highest BCUT2D eigenvalue weighted by atomic mass is 17.0. The molecule has 1 amide bonds. The van der Waals surface area contributed by atoms with E-state index in [1.54, 1.807) is 0 Å². The molecule has 0 radical (unpaired) electrons. The molecule has 110 valence electrons. The van der Waals surface area contributed by atoms with Gasteiger partial charge in [0.25, 0.3) is 5.09 Å². The lowest BCUT2D eigenvalue weighted by atomic mass is 9.89. The first-order valence-corrected chi connectivity index (χ1v) is 6.25. The number of nitrogens with one attached hydrogen (secondary N) is 1. The topological polar surface area (TPSA) is 122 Å². The van der Waals surface area contributed by atoms with E-state index < -0.39 is 35.7 Å². The first-order valence-electron chi connectivity index (χ1n) is 6.25. The zero-order chi connectivity index (χ0) is 14.5. The molecular formula is C11H20N2O6. The van der Waals surface area contributed by atoms with E-state index in [-0.39, 0.29) is 6.04 Å². The minimum atomic E-state index is -1.20. The quantitative estimate of drug-likeness (QED) is 0.449. The van der Waals surface area contributed by atoms with Crippen LogP contribution >= 0.6 is 0 Å². The van der Waals surface area contributed by atoms with Crippen molar-refractivity contribution in [3.63, 3.8) is 0 Å². The molecule has 0 bridgehead atoms. The van der Waals surface area contributed by atoms with Crippen molar-refractivity contribution >= 4 is 5.91 Å². The number of carbonyl (C=O) groups is 1. The fourth-order valence-electron chi connectivity index (χ4n) is 1.99. The summed E-state index contributed by atoms with van der Waals surface area (Å²) in [5, 5.41) is 30.4. The van der Waals surface area contributed by atoms with E-state index in [2.05, 4.69) is 10.2 Å². The van der Waals surface area contributed by atoms with Crippen molar-refractivity contribution in [2.75, 3.05) is 13.2 Å². The minimum absolute atomic E-state index is 0.100. The van der Waals surface area contributed by atoms with Crippen LogP contribution in [0.1, 0.15) is 32.6 Å². The molecule has 19 heavy (non-hydrogen) atoms. The Hall–Kier alpha value is -1.41. The van der Waals surface area contributed by atoms with Crippen LogP contribution in [-0.4, -0.2) is 46.6 Å². The molecule has 1 rings (SSSR count). The Bertz CT molecular complexity index is 323. The second-order valence-corrected chi connectivity index (χ2v) is 5.15. The second-order valence-electron chi connectivity index (χ2n) is 5.15. The number of rotatable bonds is 6. The van der Waals surface area contributed by atoms with Gasteiger partial charge < -0.3 is 20.4 Å². The number of hydrogen-bond acceptors (Lipinski definition) is 6. The van der Waals surface area contributed by atoms with Gasteiger partial charge in [-0.25, -0.2) is 0 Å². The summed E-state index contributed by atoms with van der Waals surface area (Å²) in [6.45, 7) is 0.605. The van der Waals surface area contributed by atoms with Gasteiger partial charge in [-0.15, -0.1) is 10.1 Å². The van der Waals surface area contributed by atoms with Crippen molar-refractivity contribution in [3.05, 3.63) is 10.1 Å². The molecule has 0 atom stereocenters. The maximum absolute atomic E-state index is 11.9. The predicted octanol–water partition coefficient (Wildman–Crippen LogP) is -0.387. The number of amides is 1. The second kappa shape index (κ2) is 6.67. The third kappa shape index (κ3) is 4.32. The zero-order valence-electron chi connectivity index (χ0n) is 10.9. The fourth-order valence-corrected chi connectivity index (χ4v) is 1.99. The van der Waals surface area contributed by atoms with E-state index in [9.17, 15) is 14.9 Å². The minimum Gasteiger partial charge on any atom is -0.395 e. The van der Waals surface area contributed by atoms with E-state index in [1.165, 1.54) is 6.92 Å². The molecule has 8 nitrogen and oxygen atoms in total. The monoisotopic (exact) mass is 276 g/mol. The number of nitrogens with zero attached hydrogens (tertiary/aromatic N) is 1. The van der Waals surface area contributed by atoms with Gasteiger partial charge in [0.2, 0.25) is 5.91 Å². The van der Waals surface area contributed by atoms with Crippen molar-refractivity contribution in [1.82, 2.24) is 5.32 Å². The number of carbonyl (C=O) groups excluding carboxylic acids is 1. The van der Waals surface area contributed by atoms with Crippen molar-refractivity contribution in [1.29, 1.82) is 0 Å². The third-order valence-corrected chi connectivity index (χ3v) is 3.49. The predicted molar refractivity (Wildman–Crippen MR) is 64.5 cm³/mol. The highest BCUT2D eigenvalue weighted by Gasteiger charge is 2.34. The summed E-state index contributed by atoms with van der Waals surface area (Å²) in [5.41, 5.74) is -1.20. The van der Waals surface area contributed by atoms with E-state index >= 15 is 0 Å². The summed E-state index contributed by atoms with van der Waals surface area (Å²) in [6, 6.07) is -0.100. The van der Waals surface area contributed by atoms with Crippen molar-refractivity contribution in [2.45, 2.75) is 44.8 Å². The number of aliphatic hydroxyl groups is 2. The van der Waals surface area contributed by atoms with Crippen LogP contribution < -0.4 is 5.32 Å². The third-order valence-electron chi connectivity index (χ3n) is 3.49. The van der Waals surface area contributed by atoms with Gasteiger partial charge in [-0.05, 0) is 32.6 Å². The van der Waals surface area contributed by atoms with Gasteiger partial charge >= 0.3 is 0 Å². The normalized spacial score (nSPS) is 23.7. The van der Waals surface area contributed by atoms with Crippen LogP contribution in [0.15, 0.2) is 0 Å². The Balaban J connectivity index is 2.40. The van der Waals surface area contributed by atoms with Crippen LogP contribution in [0.3, 0.4) is 0 Å². The highest BCUT2D eigenvalue weighted by Crippen LogP contribution is 2.23. The van der Waals surface area contributed by atoms with Gasteiger partial charge in [-0.1, -0.05) is 0 Å². The van der Waals surface area contributed by atoms with Gasteiger partial charge in [0.15, 0.2) is 0 Å². The average Bonchev–Trinajstić information content (AvgIpc) is 2.39. The summed E-state index contributed by atoms with van der Waals surface area (Å²) in [6.07, 6.45) is 1.75. The van der Waals surface area contributed by atoms with Gasteiger partial charge in [0, 0.05) is 6.04 Å². The zero-order valence-corrected chi connectivity index (χ0v) is 10.9. The fraction of sp³-hybridized carbons (Fsp3) is 0.909. The van der Waals surface area contributed by atoms with Crippen LogP contribution in [-0.2, 0) is 9.63 Å². The Kier molecular flexibility index (Phi) is 5.49.